The number of benzene rings is 2. The Morgan fingerprint density at radius 1 is 1.12 bits per heavy atom. The Kier molecular flexibility index (Phi) is 4.47. The molecule has 4 rings (SSSR count). The molecule has 3 atom stereocenters. The molecule has 2 aliphatic rings. The molecule has 0 bridgehead atoms. The third kappa shape index (κ3) is 3.00. The molecule has 2 nitrogen and oxygen atoms in total. The lowest BCUT2D eigenvalue weighted by Gasteiger charge is -2.52. The first-order valence-corrected chi connectivity index (χ1v) is 9.64. The molecule has 0 radical (unpaired) electrons. The summed E-state index contributed by atoms with van der Waals surface area (Å²) in [7, 11) is 0. The van der Waals surface area contributed by atoms with E-state index in [0.717, 1.165) is 25.7 Å². The zero-order chi connectivity index (χ0) is 18.2. The highest BCUT2D eigenvalue weighted by atomic mass is 35.5. The summed E-state index contributed by atoms with van der Waals surface area (Å²) in [4.78, 5) is 0. The molecule has 0 heterocycles. The number of halogens is 1. The van der Waals surface area contributed by atoms with Gasteiger partial charge in [-0.15, -0.1) is 0 Å². The summed E-state index contributed by atoms with van der Waals surface area (Å²) < 4.78 is 0. The zero-order valence-corrected chi connectivity index (χ0v) is 15.5. The lowest BCUT2D eigenvalue weighted by atomic mass is 9.53. The van der Waals surface area contributed by atoms with Crippen LogP contribution < -0.4 is 0 Å². The van der Waals surface area contributed by atoms with Crippen LogP contribution in [0.25, 0.3) is 0 Å². The Hall–Kier alpha value is -1.95. The van der Waals surface area contributed by atoms with Gasteiger partial charge < -0.3 is 10.2 Å². The molecule has 3 heteroatoms. The number of phenolic OH excluding ortho intramolecular Hbond substituents is 1. The lowest BCUT2D eigenvalue weighted by molar-refractivity contribution is -0.00796. The van der Waals surface area contributed by atoms with E-state index in [-0.39, 0.29) is 5.41 Å². The van der Waals surface area contributed by atoms with Gasteiger partial charge in [0.25, 0.3) is 0 Å². The van der Waals surface area contributed by atoms with E-state index in [9.17, 15) is 10.2 Å². The number of fused-ring (bicyclic) bond motifs is 3. The molecule has 0 aliphatic heterocycles. The summed E-state index contributed by atoms with van der Waals surface area (Å²) in [5.41, 5.74) is 2.87. The first-order chi connectivity index (χ1) is 12.5. The van der Waals surface area contributed by atoms with Crippen LogP contribution in [-0.4, -0.2) is 15.8 Å². The van der Waals surface area contributed by atoms with E-state index in [1.54, 1.807) is 6.07 Å². The van der Waals surface area contributed by atoms with E-state index in [2.05, 4.69) is 41.6 Å². The van der Waals surface area contributed by atoms with Crippen molar-refractivity contribution in [3.63, 3.8) is 0 Å². The normalized spacial score (nSPS) is 29.8. The van der Waals surface area contributed by atoms with Crippen LogP contribution in [0.2, 0.25) is 0 Å². The van der Waals surface area contributed by atoms with Crippen molar-refractivity contribution in [2.24, 2.45) is 5.92 Å². The third-order valence-electron chi connectivity index (χ3n) is 6.38. The summed E-state index contributed by atoms with van der Waals surface area (Å²) in [5, 5.41) is 23.2. The molecular weight excluding hydrogens is 344 g/mol. The fourth-order valence-electron chi connectivity index (χ4n) is 5.16. The maximum absolute atomic E-state index is 10.9. The second kappa shape index (κ2) is 6.65. The topological polar surface area (TPSA) is 40.5 Å². The molecule has 0 amide bonds. The first kappa shape index (κ1) is 17.5. The van der Waals surface area contributed by atoms with Gasteiger partial charge in [-0.3, -0.25) is 0 Å². The lowest BCUT2D eigenvalue weighted by Crippen LogP contribution is -2.50. The van der Waals surface area contributed by atoms with Gasteiger partial charge in [0.05, 0.1) is 0 Å². The number of aromatic hydroxyl groups is 1. The Bertz CT molecular complexity index is 867. The van der Waals surface area contributed by atoms with E-state index in [0.29, 0.717) is 24.5 Å². The third-order valence-corrected chi connectivity index (χ3v) is 6.47. The SMILES string of the molecule is Oc1ccc2c(c1)CC[C@H]1C[C@](O)(C#CCl)CC[C@@]21Cc1ccccc1. The molecule has 26 heavy (non-hydrogen) atoms. The molecular formula is C23H23ClO2. The number of phenols is 1. The standard InChI is InChI=1S/C23H23ClO2/c24-13-12-22(26)10-11-23(15-17-4-2-1-3-5-17)19(16-22)7-6-18-14-20(25)8-9-21(18)23/h1-5,8-9,14,19,25-26H,6-7,10-11,15-16H2/t19-,22+,23-/m0/s1. The van der Waals surface area contributed by atoms with Gasteiger partial charge in [0.2, 0.25) is 0 Å². The largest absolute Gasteiger partial charge is 0.508 e. The number of hydrogen-bond acceptors (Lipinski definition) is 2. The van der Waals surface area contributed by atoms with Gasteiger partial charge in [-0.05, 0) is 84.9 Å². The summed E-state index contributed by atoms with van der Waals surface area (Å²) >= 11 is 5.61. The number of aliphatic hydroxyl groups is 1. The average molecular weight is 367 g/mol. The van der Waals surface area contributed by atoms with Crippen LogP contribution in [0.15, 0.2) is 48.5 Å². The minimum atomic E-state index is -0.985. The van der Waals surface area contributed by atoms with Crippen molar-refractivity contribution < 1.29 is 10.2 Å². The zero-order valence-electron chi connectivity index (χ0n) is 14.7. The summed E-state index contributed by atoms with van der Waals surface area (Å²) in [6.45, 7) is 0. The number of hydrogen-bond donors (Lipinski definition) is 2. The molecule has 0 spiro atoms. The van der Waals surface area contributed by atoms with Crippen LogP contribution in [0.1, 0.15) is 42.4 Å². The fraction of sp³-hybridized carbons (Fsp3) is 0.391. The monoisotopic (exact) mass is 366 g/mol. The van der Waals surface area contributed by atoms with Crippen molar-refractivity contribution in [1.29, 1.82) is 0 Å². The van der Waals surface area contributed by atoms with Crippen molar-refractivity contribution in [2.45, 2.75) is 49.5 Å². The second-order valence-corrected chi connectivity index (χ2v) is 8.04. The Morgan fingerprint density at radius 3 is 2.69 bits per heavy atom. The van der Waals surface area contributed by atoms with E-state index in [1.165, 1.54) is 16.7 Å². The molecule has 1 saturated carbocycles. The van der Waals surface area contributed by atoms with Crippen LogP contribution in [0.3, 0.4) is 0 Å². The van der Waals surface area contributed by atoms with E-state index < -0.39 is 5.60 Å². The maximum Gasteiger partial charge on any atom is 0.127 e. The molecule has 2 N–H and O–H groups in total. The van der Waals surface area contributed by atoms with E-state index in [1.807, 2.05) is 12.1 Å². The van der Waals surface area contributed by atoms with Crippen LogP contribution in [0, 0.1) is 17.2 Å². The number of aryl methyl sites for hydroxylation is 1. The van der Waals surface area contributed by atoms with Gasteiger partial charge in [0.1, 0.15) is 11.4 Å². The predicted molar refractivity (Wildman–Crippen MR) is 104 cm³/mol. The molecule has 0 saturated heterocycles. The molecule has 1 fully saturated rings. The minimum Gasteiger partial charge on any atom is -0.508 e. The van der Waals surface area contributed by atoms with Crippen molar-refractivity contribution in [1.82, 2.24) is 0 Å². The quantitative estimate of drug-likeness (QED) is 0.765. The van der Waals surface area contributed by atoms with Gasteiger partial charge in [-0.2, -0.15) is 0 Å². The van der Waals surface area contributed by atoms with Gasteiger partial charge in [0, 0.05) is 10.8 Å². The fourth-order valence-corrected chi connectivity index (χ4v) is 5.34. The number of rotatable bonds is 2. The highest BCUT2D eigenvalue weighted by molar-refractivity contribution is 6.30. The van der Waals surface area contributed by atoms with Gasteiger partial charge in [0.15, 0.2) is 0 Å². The van der Waals surface area contributed by atoms with Crippen LogP contribution in [-0.2, 0) is 18.3 Å². The van der Waals surface area contributed by atoms with Gasteiger partial charge >= 0.3 is 0 Å². The van der Waals surface area contributed by atoms with Crippen molar-refractivity contribution in [3.05, 3.63) is 65.2 Å². The van der Waals surface area contributed by atoms with Crippen LogP contribution in [0.5, 0.6) is 5.75 Å². The second-order valence-electron chi connectivity index (χ2n) is 7.85. The Balaban J connectivity index is 1.79. The highest BCUT2D eigenvalue weighted by Crippen LogP contribution is 2.54. The van der Waals surface area contributed by atoms with Gasteiger partial charge in [-0.1, -0.05) is 42.3 Å². The van der Waals surface area contributed by atoms with Crippen molar-refractivity contribution >= 4 is 11.6 Å². The van der Waals surface area contributed by atoms with Crippen LogP contribution >= 0.6 is 11.6 Å². The smallest absolute Gasteiger partial charge is 0.127 e. The summed E-state index contributed by atoms with van der Waals surface area (Å²) in [5.74, 6) is 3.51. The van der Waals surface area contributed by atoms with Crippen molar-refractivity contribution in [2.75, 3.05) is 0 Å². The Labute approximate surface area is 159 Å². The first-order valence-electron chi connectivity index (χ1n) is 9.26. The van der Waals surface area contributed by atoms with Gasteiger partial charge in [-0.25, -0.2) is 0 Å². The molecule has 2 aromatic carbocycles. The minimum absolute atomic E-state index is 0.0249. The highest BCUT2D eigenvalue weighted by Gasteiger charge is 2.51. The molecule has 0 aromatic heterocycles. The maximum atomic E-state index is 10.9. The van der Waals surface area contributed by atoms with E-state index >= 15 is 0 Å². The van der Waals surface area contributed by atoms with Crippen LogP contribution in [0.4, 0.5) is 0 Å². The molecule has 0 unspecified atom stereocenters. The molecule has 2 aliphatic carbocycles. The van der Waals surface area contributed by atoms with E-state index in [4.69, 9.17) is 11.6 Å². The summed E-state index contributed by atoms with van der Waals surface area (Å²) in [6.07, 6.45) is 5.01. The average Bonchev–Trinajstić information content (AvgIpc) is 2.63. The Morgan fingerprint density at radius 2 is 1.92 bits per heavy atom. The molecule has 2 aromatic rings. The molecule has 134 valence electrons. The predicted octanol–water partition coefficient (Wildman–Crippen LogP) is 4.55. The van der Waals surface area contributed by atoms with Crippen molar-refractivity contribution in [3.8, 4) is 17.0 Å². The summed E-state index contributed by atoms with van der Waals surface area (Å²) in [6, 6.07) is 16.4.